The van der Waals surface area contributed by atoms with Crippen molar-refractivity contribution in [2.75, 3.05) is 41.4 Å². The van der Waals surface area contributed by atoms with Crippen LogP contribution in [0, 0.1) is 17.8 Å². The Labute approximate surface area is 435 Å². The molecular formula is C52H79ClN6O14. The summed E-state index contributed by atoms with van der Waals surface area (Å²) in [6, 6.07) is 3.36. The third-order valence-corrected chi connectivity index (χ3v) is 13.5. The molecule has 0 saturated carbocycles. The van der Waals surface area contributed by atoms with E-state index in [0.29, 0.717) is 36.5 Å². The average Bonchev–Trinajstić information content (AvgIpc) is 4.02. The number of carbonyl (C=O) groups is 8. The molecule has 408 valence electrons. The van der Waals surface area contributed by atoms with Gasteiger partial charge in [0.05, 0.1) is 31.2 Å². The first-order valence-corrected chi connectivity index (χ1v) is 25.2. The van der Waals surface area contributed by atoms with E-state index in [-0.39, 0.29) is 61.8 Å². The fourth-order valence-electron chi connectivity index (χ4n) is 8.57. The van der Waals surface area contributed by atoms with E-state index in [2.05, 4.69) is 21.3 Å². The number of hydrogen-bond donors (Lipinski definition) is 5. The number of unbranched alkanes of at least 4 members (excludes halogenated alkanes) is 2. The number of hydrogen-bond acceptors (Lipinski definition) is 14. The highest BCUT2D eigenvalue weighted by Gasteiger charge is 2.64. The number of epoxide rings is 1. The predicted molar refractivity (Wildman–Crippen MR) is 272 cm³/mol. The number of halogens is 1. The first kappa shape index (κ1) is 61.7. The molecule has 0 aromatic heterocycles. The van der Waals surface area contributed by atoms with E-state index >= 15 is 0 Å². The minimum atomic E-state index is -1.90. The lowest BCUT2D eigenvalue weighted by atomic mass is 9.83. The summed E-state index contributed by atoms with van der Waals surface area (Å²) in [5.41, 5.74) is -1.20. The van der Waals surface area contributed by atoms with Crippen LogP contribution >= 0.6 is 11.6 Å². The van der Waals surface area contributed by atoms with Gasteiger partial charge < -0.3 is 49.6 Å². The Bertz CT molecular complexity index is 2190. The number of carbonyl (C=O) groups excluding carboxylic acids is 8. The molecule has 1 aromatic rings. The third-order valence-electron chi connectivity index (χ3n) is 13.2. The van der Waals surface area contributed by atoms with Crippen molar-refractivity contribution in [3.05, 3.63) is 52.6 Å². The number of amides is 7. The number of nitrogens with one attached hydrogen (secondary N) is 4. The summed E-state index contributed by atoms with van der Waals surface area (Å²) in [6.45, 7) is 15.2. The van der Waals surface area contributed by atoms with E-state index in [1.54, 1.807) is 53.0 Å². The van der Waals surface area contributed by atoms with Crippen molar-refractivity contribution in [3.8, 4) is 5.75 Å². The highest BCUT2D eigenvalue weighted by atomic mass is 35.5. The molecule has 2 fully saturated rings. The van der Waals surface area contributed by atoms with Crippen LogP contribution in [-0.4, -0.2) is 152 Å². The third kappa shape index (κ3) is 18.1. The van der Waals surface area contributed by atoms with Crippen molar-refractivity contribution >= 4 is 59.1 Å². The maximum absolute atomic E-state index is 13.7. The van der Waals surface area contributed by atoms with Crippen molar-refractivity contribution < 1.29 is 67.1 Å². The normalized spacial score (nSPS) is 21.7. The highest BCUT2D eigenvalue weighted by molar-refractivity contribution is 6.32. The van der Waals surface area contributed by atoms with E-state index in [4.69, 9.17) is 35.3 Å². The Morgan fingerprint density at radius 1 is 0.986 bits per heavy atom. The first-order valence-electron chi connectivity index (χ1n) is 24.8. The number of likely N-dealkylation sites (N-methyl/N-ethyl adjacent to an activating group) is 1. The average molecular weight is 1050 g/mol. The number of imide groups is 1. The molecule has 9 unspecified atom stereocenters. The van der Waals surface area contributed by atoms with Crippen molar-refractivity contribution in [2.24, 2.45) is 17.8 Å². The van der Waals surface area contributed by atoms with Crippen molar-refractivity contribution in [2.45, 2.75) is 162 Å². The highest BCUT2D eigenvalue weighted by Crippen LogP contribution is 2.49. The molecular weight excluding hydrogens is 968 g/mol. The molecule has 1 aromatic carbocycles. The second-order valence-corrected chi connectivity index (χ2v) is 20.3. The Morgan fingerprint density at radius 2 is 1.67 bits per heavy atom. The van der Waals surface area contributed by atoms with Gasteiger partial charge in [0.15, 0.2) is 5.72 Å². The molecule has 2 heterocycles. The Hall–Kier alpha value is -5.57. The molecule has 0 spiro atoms. The van der Waals surface area contributed by atoms with Crippen LogP contribution in [0.25, 0.3) is 0 Å². The first-order chi connectivity index (χ1) is 34.2. The molecule has 9 atom stereocenters. The Morgan fingerprint density at radius 3 is 2.27 bits per heavy atom. The number of cyclic esters (lactones) is 1. The number of rotatable bonds is 28. The largest absolute Gasteiger partial charge is 0.495 e. The predicted octanol–water partition coefficient (Wildman–Crippen LogP) is 4.52. The molecule has 21 heteroatoms. The van der Waals surface area contributed by atoms with Crippen LogP contribution in [0.5, 0.6) is 5.75 Å². The number of ether oxygens (including phenoxy) is 5. The zero-order chi connectivity index (χ0) is 55.0. The minimum absolute atomic E-state index is 0.104. The maximum Gasteiger partial charge on any atom is 0.409 e. The molecule has 7 amide bonds. The van der Waals surface area contributed by atoms with Gasteiger partial charge in [-0.1, -0.05) is 82.5 Å². The van der Waals surface area contributed by atoms with Gasteiger partial charge in [0, 0.05) is 59.9 Å². The van der Waals surface area contributed by atoms with Crippen LogP contribution in [0.2, 0.25) is 5.02 Å². The quantitative estimate of drug-likeness (QED) is 0.0335. The van der Waals surface area contributed by atoms with E-state index in [1.165, 1.54) is 40.0 Å². The van der Waals surface area contributed by atoms with E-state index in [1.807, 2.05) is 39.0 Å². The fraction of sp³-hybridized carbons (Fsp3) is 0.654. The number of esters is 1. The topological polar surface area (TPSA) is 261 Å². The summed E-state index contributed by atoms with van der Waals surface area (Å²) in [6.07, 6.45) is 2.59. The fourth-order valence-corrected chi connectivity index (χ4v) is 8.76. The van der Waals surface area contributed by atoms with Gasteiger partial charge in [0.2, 0.25) is 35.4 Å². The molecule has 2 aliphatic rings. The summed E-state index contributed by atoms with van der Waals surface area (Å²) in [4.78, 5) is 106. The van der Waals surface area contributed by atoms with Crippen molar-refractivity contribution in [3.63, 3.8) is 0 Å². The monoisotopic (exact) mass is 1050 g/mol. The number of allylic oxidation sites excluding steroid dienone is 3. The van der Waals surface area contributed by atoms with Gasteiger partial charge in [-0.05, 0) is 69.6 Å². The van der Waals surface area contributed by atoms with E-state index in [0.717, 1.165) is 16.0 Å². The lowest BCUT2D eigenvalue weighted by Gasteiger charge is -2.42. The smallest absolute Gasteiger partial charge is 0.409 e. The van der Waals surface area contributed by atoms with E-state index in [9.17, 15) is 43.5 Å². The molecule has 0 bridgehead atoms. The van der Waals surface area contributed by atoms with Crippen LogP contribution in [0.1, 0.15) is 113 Å². The van der Waals surface area contributed by atoms with Crippen LogP contribution in [-0.2, 0) is 58.9 Å². The summed E-state index contributed by atoms with van der Waals surface area (Å²) >= 11 is 6.17. The minimum Gasteiger partial charge on any atom is -0.495 e. The number of benzene rings is 1. The standard InChI is InChI=1S/C52H79ClN6O14/c1-30(2)24-44(63)59(35(8)60)23-16-14-15-20-42(61)56-46(31(3)4)48(65)55-29-45(64)58(11)34(7)49(66)72-41(27-43(62)54-10)51(9)47(73-51)33(6)39-28-52(68,57-50(67)71-39)40(70-13)19-17-18-32(5)25-36-21-22-37(53)38(26-36)69-12/h17-19,21-22,26,30-31,33-34,39-41,46-47,68H,14-16,20,23-25,27-29H2,1-13H3,(H,54,62)(H,55,65)(H,56,61)(H,57,67)/b19-17+,32-18+. The molecule has 2 aliphatic heterocycles. The summed E-state index contributed by atoms with van der Waals surface area (Å²) < 4.78 is 28.7. The zero-order valence-electron chi connectivity index (χ0n) is 44.8. The molecule has 5 N–H and O–H groups in total. The molecule has 0 radical (unpaired) electrons. The number of alkyl carbamates (subject to hydrolysis) is 1. The van der Waals surface area contributed by atoms with Crippen molar-refractivity contribution in [1.82, 2.24) is 31.1 Å². The van der Waals surface area contributed by atoms with Gasteiger partial charge in [-0.25, -0.2) is 9.59 Å². The van der Waals surface area contributed by atoms with Crippen LogP contribution in [0.15, 0.2) is 42.0 Å². The number of aliphatic hydroxyl groups is 1. The number of nitrogens with zero attached hydrogens (tertiary/aromatic N) is 2. The molecule has 3 rings (SSSR count). The Kier molecular flexibility index (Phi) is 23.8. The van der Waals surface area contributed by atoms with Gasteiger partial charge in [-0.3, -0.25) is 39.0 Å². The SMILES string of the molecule is CNC(=O)CC(OC(=O)C(C)N(C)C(=O)CNC(=O)C(NC(=O)CCCCCN(C(C)=O)C(=O)CC(C)C)C(C)C)C1(C)OC1C(C)C1CC(O)(C(/C=C/C=C(\C)Cc2ccc(Cl)c(OC)c2)OC)NC(=O)O1. The lowest BCUT2D eigenvalue weighted by molar-refractivity contribution is -0.162. The van der Waals surface area contributed by atoms with Gasteiger partial charge in [-0.15, -0.1) is 0 Å². The van der Waals surface area contributed by atoms with Crippen LogP contribution < -0.4 is 26.0 Å². The zero-order valence-corrected chi connectivity index (χ0v) is 45.5. The summed E-state index contributed by atoms with van der Waals surface area (Å²) in [7, 11) is 5.73. The van der Waals surface area contributed by atoms with Gasteiger partial charge in [-0.2, -0.15) is 0 Å². The molecule has 0 aliphatic carbocycles. The van der Waals surface area contributed by atoms with Crippen LogP contribution in [0.4, 0.5) is 4.79 Å². The van der Waals surface area contributed by atoms with Crippen LogP contribution in [0.3, 0.4) is 0 Å². The second kappa shape index (κ2) is 28.2. The summed E-state index contributed by atoms with van der Waals surface area (Å²) in [5.74, 6) is -3.77. The van der Waals surface area contributed by atoms with Gasteiger partial charge in [0.1, 0.15) is 41.7 Å². The van der Waals surface area contributed by atoms with Crippen molar-refractivity contribution in [1.29, 1.82) is 0 Å². The second-order valence-electron chi connectivity index (χ2n) is 19.9. The number of methoxy groups -OCH3 is 2. The van der Waals surface area contributed by atoms with Gasteiger partial charge in [0.25, 0.3) is 0 Å². The lowest BCUT2D eigenvalue weighted by Crippen LogP contribution is -2.63. The Balaban J connectivity index is 1.59. The maximum atomic E-state index is 13.7. The van der Waals surface area contributed by atoms with Gasteiger partial charge >= 0.3 is 12.1 Å². The van der Waals surface area contributed by atoms with E-state index < -0.39 is 90.1 Å². The summed E-state index contributed by atoms with van der Waals surface area (Å²) in [5, 5.41) is 22.6. The molecule has 73 heavy (non-hydrogen) atoms. The molecule has 2 saturated heterocycles. The molecule has 20 nitrogen and oxygen atoms in total.